The molecular weight excluding hydrogens is 238 g/mol. The Morgan fingerprint density at radius 1 is 1.41 bits per heavy atom. The molecule has 0 aliphatic carbocycles. The third kappa shape index (κ3) is 6.17. The van der Waals surface area contributed by atoms with E-state index >= 15 is 0 Å². The fourth-order valence-corrected chi connectivity index (χ4v) is 1.51. The molecule has 1 aromatic rings. The van der Waals surface area contributed by atoms with E-state index < -0.39 is 0 Å². The molecule has 0 saturated carbocycles. The van der Waals surface area contributed by atoms with Gasteiger partial charge < -0.3 is 10.1 Å². The highest BCUT2D eigenvalue weighted by Crippen LogP contribution is 2.11. The van der Waals surface area contributed by atoms with Crippen LogP contribution in [0.3, 0.4) is 0 Å². The number of ether oxygens (including phenoxy) is 1. The summed E-state index contributed by atoms with van der Waals surface area (Å²) in [6.07, 6.45) is 0.275. The Kier molecular flexibility index (Phi) is 4.82. The molecular formula is C13H18ClNO2. The second-order valence-electron chi connectivity index (χ2n) is 4.89. The smallest absolute Gasteiger partial charge is 0.407 e. The van der Waals surface area contributed by atoms with E-state index in [1.165, 1.54) is 0 Å². The third-order valence-corrected chi connectivity index (χ3v) is 2.23. The first-order chi connectivity index (χ1) is 7.87. The number of hydrogen-bond donors (Lipinski definition) is 1. The second kappa shape index (κ2) is 5.92. The number of alkyl carbamates (subject to hydrolysis) is 1. The number of rotatable bonds is 3. The maximum atomic E-state index is 11.4. The summed E-state index contributed by atoms with van der Waals surface area (Å²) in [5, 5.41) is 3.43. The van der Waals surface area contributed by atoms with Gasteiger partial charge in [-0.05, 0) is 38.5 Å². The van der Waals surface area contributed by atoms with Crippen LogP contribution in [0.15, 0.2) is 24.3 Å². The SMILES string of the molecule is CC(C)(C)NC(=O)OCCc1cccc(Cl)c1. The van der Waals surface area contributed by atoms with Crippen molar-refractivity contribution in [2.24, 2.45) is 0 Å². The van der Waals surface area contributed by atoms with Crippen molar-refractivity contribution in [2.75, 3.05) is 6.61 Å². The number of amides is 1. The summed E-state index contributed by atoms with van der Waals surface area (Å²) in [4.78, 5) is 11.4. The normalized spacial score (nSPS) is 11.1. The Balaban J connectivity index is 2.31. The molecule has 0 spiro atoms. The van der Waals surface area contributed by atoms with E-state index in [1.807, 2.05) is 45.0 Å². The monoisotopic (exact) mass is 255 g/mol. The maximum absolute atomic E-state index is 11.4. The fraction of sp³-hybridized carbons (Fsp3) is 0.462. The minimum atomic E-state index is -0.389. The van der Waals surface area contributed by atoms with Crippen molar-refractivity contribution >= 4 is 17.7 Å². The lowest BCUT2D eigenvalue weighted by Gasteiger charge is -2.19. The van der Waals surface area contributed by atoms with E-state index in [9.17, 15) is 4.79 Å². The van der Waals surface area contributed by atoms with Crippen LogP contribution in [-0.2, 0) is 11.2 Å². The molecule has 0 atom stereocenters. The van der Waals surface area contributed by atoms with Gasteiger partial charge in [-0.2, -0.15) is 0 Å². The molecule has 1 aromatic carbocycles. The first kappa shape index (κ1) is 13.8. The van der Waals surface area contributed by atoms with Gasteiger partial charge in [0, 0.05) is 17.0 Å². The summed E-state index contributed by atoms with van der Waals surface area (Å²) in [7, 11) is 0. The van der Waals surface area contributed by atoms with Crippen LogP contribution in [0.2, 0.25) is 5.02 Å². The molecule has 0 aliphatic rings. The molecule has 0 bridgehead atoms. The molecule has 0 saturated heterocycles. The number of hydrogen-bond acceptors (Lipinski definition) is 2. The van der Waals surface area contributed by atoms with Crippen molar-refractivity contribution in [3.05, 3.63) is 34.9 Å². The minimum Gasteiger partial charge on any atom is -0.449 e. The van der Waals surface area contributed by atoms with Crippen LogP contribution in [0, 0.1) is 0 Å². The average molecular weight is 256 g/mol. The van der Waals surface area contributed by atoms with Crippen LogP contribution in [0.25, 0.3) is 0 Å². The Morgan fingerprint density at radius 3 is 2.71 bits per heavy atom. The predicted octanol–water partition coefficient (Wildman–Crippen LogP) is 3.41. The lowest BCUT2D eigenvalue weighted by atomic mass is 10.1. The third-order valence-electron chi connectivity index (χ3n) is 1.99. The Labute approximate surface area is 107 Å². The zero-order valence-corrected chi connectivity index (χ0v) is 11.2. The van der Waals surface area contributed by atoms with E-state index in [2.05, 4.69) is 5.32 Å². The highest BCUT2D eigenvalue weighted by atomic mass is 35.5. The predicted molar refractivity (Wildman–Crippen MR) is 69.4 cm³/mol. The number of nitrogens with one attached hydrogen (secondary N) is 1. The van der Waals surface area contributed by atoms with Gasteiger partial charge in [0.1, 0.15) is 0 Å². The Morgan fingerprint density at radius 2 is 2.12 bits per heavy atom. The molecule has 0 aliphatic heterocycles. The van der Waals surface area contributed by atoms with Crippen molar-refractivity contribution in [3.8, 4) is 0 Å². The van der Waals surface area contributed by atoms with E-state index in [-0.39, 0.29) is 11.6 Å². The van der Waals surface area contributed by atoms with Gasteiger partial charge in [0.2, 0.25) is 0 Å². The minimum absolute atomic E-state index is 0.271. The highest BCUT2D eigenvalue weighted by Gasteiger charge is 2.14. The molecule has 0 unspecified atom stereocenters. The number of benzene rings is 1. The lowest BCUT2D eigenvalue weighted by Crippen LogP contribution is -2.41. The summed E-state index contributed by atoms with van der Waals surface area (Å²) in [5.41, 5.74) is 0.786. The van der Waals surface area contributed by atoms with Gasteiger partial charge in [0.15, 0.2) is 0 Å². The van der Waals surface area contributed by atoms with Crippen LogP contribution < -0.4 is 5.32 Å². The molecule has 0 fully saturated rings. The van der Waals surface area contributed by atoms with Gasteiger partial charge in [0.05, 0.1) is 6.61 Å². The van der Waals surface area contributed by atoms with Gasteiger partial charge in [-0.3, -0.25) is 0 Å². The van der Waals surface area contributed by atoms with Gasteiger partial charge in [-0.25, -0.2) is 4.79 Å². The van der Waals surface area contributed by atoms with Crippen molar-refractivity contribution in [1.29, 1.82) is 0 Å². The molecule has 3 nitrogen and oxygen atoms in total. The topological polar surface area (TPSA) is 38.3 Å². The van der Waals surface area contributed by atoms with Crippen LogP contribution >= 0.6 is 11.6 Å². The highest BCUT2D eigenvalue weighted by molar-refractivity contribution is 6.30. The molecule has 1 N–H and O–H groups in total. The van der Waals surface area contributed by atoms with E-state index in [0.717, 1.165) is 5.56 Å². The first-order valence-electron chi connectivity index (χ1n) is 5.56. The summed E-state index contributed by atoms with van der Waals surface area (Å²) >= 11 is 5.85. The molecule has 94 valence electrons. The summed E-state index contributed by atoms with van der Waals surface area (Å²) < 4.78 is 5.07. The molecule has 4 heteroatoms. The molecule has 1 rings (SSSR count). The maximum Gasteiger partial charge on any atom is 0.407 e. The first-order valence-corrected chi connectivity index (χ1v) is 5.94. The number of carbonyl (C=O) groups excluding carboxylic acids is 1. The number of halogens is 1. The standard InChI is InChI=1S/C13H18ClNO2/c1-13(2,3)15-12(16)17-8-7-10-5-4-6-11(14)9-10/h4-6,9H,7-8H2,1-3H3,(H,15,16). The van der Waals surface area contributed by atoms with Crippen LogP contribution in [0.5, 0.6) is 0 Å². The molecule has 0 aromatic heterocycles. The van der Waals surface area contributed by atoms with Crippen LogP contribution in [-0.4, -0.2) is 18.2 Å². The molecule has 0 radical (unpaired) electrons. The van der Waals surface area contributed by atoms with Crippen LogP contribution in [0.4, 0.5) is 4.79 Å². The molecule has 17 heavy (non-hydrogen) atoms. The molecule has 0 heterocycles. The largest absolute Gasteiger partial charge is 0.449 e. The van der Waals surface area contributed by atoms with Crippen molar-refractivity contribution in [1.82, 2.24) is 5.32 Å². The van der Waals surface area contributed by atoms with E-state index in [0.29, 0.717) is 18.1 Å². The number of carbonyl (C=O) groups is 1. The summed E-state index contributed by atoms with van der Waals surface area (Å²) in [5.74, 6) is 0. The summed E-state index contributed by atoms with van der Waals surface area (Å²) in [6, 6.07) is 7.52. The van der Waals surface area contributed by atoms with Gasteiger partial charge >= 0.3 is 6.09 Å². The lowest BCUT2D eigenvalue weighted by molar-refractivity contribution is 0.139. The quantitative estimate of drug-likeness (QED) is 0.899. The van der Waals surface area contributed by atoms with Gasteiger partial charge in [-0.15, -0.1) is 0 Å². The van der Waals surface area contributed by atoms with Gasteiger partial charge in [0.25, 0.3) is 0 Å². The van der Waals surface area contributed by atoms with E-state index in [4.69, 9.17) is 16.3 Å². The van der Waals surface area contributed by atoms with Crippen LogP contribution in [0.1, 0.15) is 26.3 Å². The second-order valence-corrected chi connectivity index (χ2v) is 5.33. The van der Waals surface area contributed by atoms with Crippen molar-refractivity contribution < 1.29 is 9.53 Å². The Bertz CT molecular complexity index is 385. The van der Waals surface area contributed by atoms with E-state index in [1.54, 1.807) is 0 Å². The zero-order valence-electron chi connectivity index (χ0n) is 10.4. The zero-order chi connectivity index (χ0) is 12.9. The van der Waals surface area contributed by atoms with Crippen molar-refractivity contribution in [2.45, 2.75) is 32.7 Å². The summed E-state index contributed by atoms with van der Waals surface area (Å²) in [6.45, 7) is 6.07. The molecule has 1 amide bonds. The average Bonchev–Trinajstić information content (AvgIpc) is 2.14. The Hall–Kier alpha value is -1.22. The van der Waals surface area contributed by atoms with Gasteiger partial charge in [-0.1, -0.05) is 23.7 Å². The van der Waals surface area contributed by atoms with Crippen molar-refractivity contribution in [3.63, 3.8) is 0 Å². The fourth-order valence-electron chi connectivity index (χ4n) is 1.30.